The van der Waals surface area contributed by atoms with Gasteiger partial charge in [-0.15, -0.1) is 0 Å². The molecular weight excluding hydrogens is 174 g/mol. The van der Waals surface area contributed by atoms with E-state index in [1.165, 1.54) is 6.92 Å². The summed E-state index contributed by atoms with van der Waals surface area (Å²) in [6.45, 7) is 1.20. The number of carbonyl (C=O) groups excluding carboxylic acids is 3. The van der Waals surface area contributed by atoms with Crippen molar-refractivity contribution in [3.05, 3.63) is 0 Å². The van der Waals surface area contributed by atoms with Gasteiger partial charge in [0.15, 0.2) is 5.78 Å². The van der Waals surface area contributed by atoms with Crippen LogP contribution in [0.1, 0.15) is 26.2 Å². The van der Waals surface area contributed by atoms with E-state index in [1.807, 2.05) is 0 Å². The molecule has 1 rings (SSSR count). The topological polar surface area (TPSA) is 72.8 Å². The van der Waals surface area contributed by atoms with Crippen molar-refractivity contribution in [3.63, 3.8) is 0 Å². The predicted octanol–water partition coefficient (Wildman–Crippen LogP) is 0.228. The maximum absolute atomic E-state index is 11.1. The minimum atomic E-state index is -0.572. The molecule has 5 nitrogen and oxygen atoms in total. The fraction of sp³-hybridized carbons (Fsp3) is 0.500. The van der Waals surface area contributed by atoms with Crippen LogP contribution in [0.15, 0.2) is 5.16 Å². The third-order valence-electron chi connectivity index (χ3n) is 1.60. The minimum absolute atomic E-state index is 0.0909. The van der Waals surface area contributed by atoms with Gasteiger partial charge in [0, 0.05) is 19.8 Å². The molecule has 5 heteroatoms. The Hall–Kier alpha value is -1.52. The van der Waals surface area contributed by atoms with Gasteiger partial charge in [-0.1, -0.05) is 5.16 Å². The first-order valence-electron chi connectivity index (χ1n) is 3.89. The summed E-state index contributed by atoms with van der Waals surface area (Å²) < 4.78 is 0. The molecule has 13 heavy (non-hydrogen) atoms. The van der Waals surface area contributed by atoms with Crippen LogP contribution in [0.4, 0.5) is 0 Å². The highest BCUT2D eigenvalue weighted by molar-refractivity contribution is 6.44. The lowest BCUT2D eigenvalue weighted by Crippen LogP contribution is -2.25. The Balaban J connectivity index is 2.60. The molecule has 0 spiro atoms. The third-order valence-corrected chi connectivity index (χ3v) is 1.60. The monoisotopic (exact) mass is 183 g/mol. The zero-order valence-electron chi connectivity index (χ0n) is 7.20. The first kappa shape index (κ1) is 9.57. The van der Waals surface area contributed by atoms with Crippen molar-refractivity contribution in [1.82, 2.24) is 0 Å². The summed E-state index contributed by atoms with van der Waals surface area (Å²) in [5.74, 6) is -1.01. The van der Waals surface area contributed by atoms with E-state index >= 15 is 0 Å². The fourth-order valence-electron chi connectivity index (χ4n) is 0.983. The second kappa shape index (κ2) is 3.93. The van der Waals surface area contributed by atoms with Crippen LogP contribution in [0.5, 0.6) is 0 Å². The van der Waals surface area contributed by atoms with Gasteiger partial charge in [0.1, 0.15) is 11.5 Å². The van der Waals surface area contributed by atoms with Crippen molar-refractivity contribution in [2.45, 2.75) is 26.2 Å². The van der Waals surface area contributed by atoms with E-state index in [0.717, 1.165) is 0 Å². The molecule has 0 bridgehead atoms. The van der Waals surface area contributed by atoms with Crippen molar-refractivity contribution in [1.29, 1.82) is 0 Å². The van der Waals surface area contributed by atoms with Crippen LogP contribution in [0.2, 0.25) is 0 Å². The van der Waals surface area contributed by atoms with Gasteiger partial charge < -0.3 is 4.84 Å². The molecule has 1 saturated carbocycles. The summed E-state index contributed by atoms with van der Waals surface area (Å²) in [7, 11) is 0. The van der Waals surface area contributed by atoms with Crippen molar-refractivity contribution < 1.29 is 19.2 Å². The van der Waals surface area contributed by atoms with Crippen molar-refractivity contribution in [2.75, 3.05) is 0 Å². The van der Waals surface area contributed by atoms with Gasteiger partial charge in [-0.05, 0) is 0 Å². The van der Waals surface area contributed by atoms with E-state index in [0.29, 0.717) is 6.42 Å². The van der Waals surface area contributed by atoms with Gasteiger partial charge >= 0.3 is 5.97 Å². The van der Waals surface area contributed by atoms with Crippen LogP contribution in [-0.4, -0.2) is 23.2 Å². The van der Waals surface area contributed by atoms with Crippen LogP contribution in [0.25, 0.3) is 0 Å². The van der Waals surface area contributed by atoms with Crippen LogP contribution < -0.4 is 0 Å². The van der Waals surface area contributed by atoms with Gasteiger partial charge in [0.2, 0.25) is 0 Å². The summed E-state index contributed by atoms with van der Waals surface area (Å²) in [5.41, 5.74) is 0.176. The van der Waals surface area contributed by atoms with Crippen molar-refractivity contribution >= 4 is 23.2 Å². The Kier molecular flexibility index (Phi) is 2.89. The minimum Gasteiger partial charge on any atom is -0.318 e. The number of rotatable bonds is 1. The van der Waals surface area contributed by atoms with Crippen LogP contribution in [0, 0.1) is 0 Å². The molecular formula is C8H9NO4. The number of ketones is 2. The molecule has 1 aliphatic rings. The predicted molar refractivity (Wildman–Crippen MR) is 43.1 cm³/mol. The normalized spacial score (nSPS) is 20.5. The molecule has 1 aliphatic carbocycles. The molecule has 0 saturated heterocycles. The smallest absolute Gasteiger partial charge is 0.318 e. The Labute approximate surface area is 74.7 Å². The maximum Gasteiger partial charge on any atom is 0.331 e. The quantitative estimate of drug-likeness (QED) is 0.331. The number of Topliss-reactive ketones (excluding diaryl/α,β-unsaturated/α-hetero) is 2. The second-order valence-electron chi connectivity index (χ2n) is 2.76. The average molecular weight is 183 g/mol. The highest BCUT2D eigenvalue weighted by atomic mass is 16.7. The van der Waals surface area contributed by atoms with Crippen LogP contribution in [0.3, 0.4) is 0 Å². The van der Waals surface area contributed by atoms with Gasteiger partial charge in [0.05, 0.1) is 6.42 Å². The lowest BCUT2D eigenvalue weighted by Gasteiger charge is -2.08. The summed E-state index contributed by atoms with van der Waals surface area (Å²) in [5, 5.41) is 3.36. The molecule has 1 fully saturated rings. The van der Waals surface area contributed by atoms with Crippen molar-refractivity contribution in [3.8, 4) is 0 Å². The fourth-order valence-corrected chi connectivity index (χ4v) is 0.983. The van der Waals surface area contributed by atoms with Crippen LogP contribution >= 0.6 is 0 Å². The largest absolute Gasteiger partial charge is 0.331 e. The molecule has 0 aromatic heterocycles. The summed E-state index contributed by atoms with van der Waals surface area (Å²) >= 11 is 0. The molecule has 0 heterocycles. The highest BCUT2D eigenvalue weighted by Gasteiger charge is 2.23. The molecule has 0 amide bonds. The Morgan fingerprint density at radius 2 is 2.08 bits per heavy atom. The Morgan fingerprint density at radius 1 is 1.38 bits per heavy atom. The molecule has 0 radical (unpaired) electrons. The summed E-state index contributed by atoms with van der Waals surface area (Å²) in [6.07, 6.45) is 0.441. The van der Waals surface area contributed by atoms with Gasteiger partial charge in [-0.3, -0.25) is 9.59 Å². The maximum atomic E-state index is 11.1. The Morgan fingerprint density at radius 3 is 2.62 bits per heavy atom. The van der Waals surface area contributed by atoms with E-state index in [9.17, 15) is 14.4 Å². The molecule has 70 valence electrons. The summed E-state index contributed by atoms with van der Waals surface area (Å²) in [6, 6.07) is 0. The number of nitrogens with zero attached hydrogens (tertiary/aromatic N) is 1. The van der Waals surface area contributed by atoms with Gasteiger partial charge in [0.25, 0.3) is 0 Å². The zero-order chi connectivity index (χ0) is 9.84. The van der Waals surface area contributed by atoms with Gasteiger partial charge in [-0.25, -0.2) is 4.79 Å². The number of hydrogen-bond acceptors (Lipinski definition) is 5. The molecule has 0 aliphatic heterocycles. The lowest BCUT2D eigenvalue weighted by atomic mass is 9.96. The molecule has 0 aromatic rings. The van der Waals surface area contributed by atoms with E-state index in [-0.39, 0.29) is 30.1 Å². The summed E-state index contributed by atoms with van der Waals surface area (Å²) in [4.78, 5) is 36.5. The van der Waals surface area contributed by atoms with Gasteiger partial charge in [-0.2, -0.15) is 0 Å². The van der Waals surface area contributed by atoms with E-state index in [2.05, 4.69) is 9.99 Å². The number of carbonyl (C=O) groups is 3. The molecule has 0 atom stereocenters. The standard InChI is InChI=1S/C8H9NO4/c1-5(10)13-9-7-3-2-6(11)4-8(7)12/h2-4H2,1H3. The molecule has 0 aromatic carbocycles. The SMILES string of the molecule is CC(=O)ON=C1CCC(=O)CC1=O. The first-order chi connectivity index (χ1) is 6.09. The third kappa shape index (κ3) is 2.77. The Bertz CT molecular complexity index is 293. The molecule has 0 N–H and O–H groups in total. The second-order valence-corrected chi connectivity index (χ2v) is 2.76. The first-order valence-corrected chi connectivity index (χ1v) is 3.89. The lowest BCUT2D eigenvalue weighted by molar-refractivity contribution is -0.140. The zero-order valence-corrected chi connectivity index (χ0v) is 7.20. The van der Waals surface area contributed by atoms with E-state index in [1.54, 1.807) is 0 Å². The van der Waals surface area contributed by atoms with Crippen molar-refractivity contribution in [2.24, 2.45) is 5.16 Å². The molecule has 0 unspecified atom stereocenters. The number of hydrogen-bond donors (Lipinski definition) is 0. The van der Waals surface area contributed by atoms with E-state index < -0.39 is 5.97 Å². The average Bonchev–Trinajstić information content (AvgIpc) is 2.02. The van der Waals surface area contributed by atoms with E-state index in [4.69, 9.17) is 0 Å². The van der Waals surface area contributed by atoms with Crippen LogP contribution in [-0.2, 0) is 19.2 Å². The number of oxime groups is 1. The highest BCUT2D eigenvalue weighted by Crippen LogP contribution is 2.08.